The second kappa shape index (κ2) is 7.81. The van der Waals surface area contributed by atoms with Crippen LogP contribution in [0.15, 0.2) is 30.3 Å². The molecular formula is C17H25NO3. The Morgan fingerprint density at radius 3 is 2.33 bits per heavy atom. The summed E-state index contributed by atoms with van der Waals surface area (Å²) in [5.74, 6) is -0.438. The molecule has 21 heavy (non-hydrogen) atoms. The molecule has 0 radical (unpaired) electrons. The summed E-state index contributed by atoms with van der Waals surface area (Å²) in [5.41, 5.74) is 0.0971. The first-order chi connectivity index (χ1) is 9.81. The Balaban J connectivity index is 2.61. The van der Waals surface area contributed by atoms with Crippen LogP contribution in [-0.2, 0) is 9.53 Å². The third-order valence-electron chi connectivity index (χ3n) is 2.84. The van der Waals surface area contributed by atoms with Crippen LogP contribution in [0.4, 0.5) is 0 Å². The van der Waals surface area contributed by atoms with E-state index in [-0.39, 0.29) is 24.3 Å². The number of benzene rings is 1. The number of carbonyl (C=O) groups excluding carboxylic acids is 2. The summed E-state index contributed by atoms with van der Waals surface area (Å²) >= 11 is 0. The van der Waals surface area contributed by atoms with Gasteiger partial charge < -0.3 is 10.1 Å². The van der Waals surface area contributed by atoms with Crippen molar-refractivity contribution in [2.24, 2.45) is 0 Å². The quantitative estimate of drug-likeness (QED) is 0.818. The molecular weight excluding hydrogens is 266 g/mol. The summed E-state index contributed by atoms with van der Waals surface area (Å²) in [6.45, 7) is 7.53. The van der Waals surface area contributed by atoms with Crippen molar-refractivity contribution in [1.29, 1.82) is 0 Å². The molecule has 1 aromatic rings. The van der Waals surface area contributed by atoms with Crippen molar-refractivity contribution in [2.45, 2.75) is 58.6 Å². The summed E-state index contributed by atoms with van der Waals surface area (Å²) in [5, 5.41) is 2.91. The van der Waals surface area contributed by atoms with Gasteiger partial charge in [-0.15, -0.1) is 0 Å². The fraction of sp³-hybridized carbons (Fsp3) is 0.529. The molecule has 0 heterocycles. The fourth-order valence-electron chi connectivity index (χ4n) is 2.02. The minimum atomic E-state index is -0.503. The van der Waals surface area contributed by atoms with Gasteiger partial charge in [-0.05, 0) is 39.3 Å². The van der Waals surface area contributed by atoms with E-state index < -0.39 is 5.60 Å². The molecule has 0 aliphatic heterocycles. The van der Waals surface area contributed by atoms with Crippen molar-refractivity contribution >= 4 is 11.9 Å². The number of hydrogen-bond donors (Lipinski definition) is 1. The van der Waals surface area contributed by atoms with E-state index in [9.17, 15) is 9.59 Å². The lowest BCUT2D eigenvalue weighted by atomic mass is 10.1. The average Bonchev–Trinajstić information content (AvgIpc) is 2.37. The van der Waals surface area contributed by atoms with Crippen molar-refractivity contribution in [3.05, 3.63) is 35.9 Å². The first kappa shape index (κ1) is 17.2. The molecule has 4 nitrogen and oxygen atoms in total. The Labute approximate surface area is 126 Å². The highest BCUT2D eigenvalue weighted by molar-refractivity contribution is 5.94. The normalized spacial score (nSPS) is 12.6. The van der Waals surface area contributed by atoms with E-state index in [0.29, 0.717) is 5.56 Å². The van der Waals surface area contributed by atoms with Crippen molar-refractivity contribution < 1.29 is 14.3 Å². The zero-order valence-corrected chi connectivity index (χ0v) is 13.3. The maximum absolute atomic E-state index is 12.1. The Morgan fingerprint density at radius 2 is 1.81 bits per heavy atom. The van der Waals surface area contributed by atoms with Crippen LogP contribution in [0.25, 0.3) is 0 Å². The molecule has 4 heteroatoms. The van der Waals surface area contributed by atoms with Gasteiger partial charge in [0.15, 0.2) is 0 Å². The van der Waals surface area contributed by atoms with Crippen molar-refractivity contribution in [3.63, 3.8) is 0 Å². The van der Waals surface area contributed by atoms with Crippen LogP contribution in [0.5, 0.6) is 0 Å². The van der Waals surface area contributed by atoms with Crippen LogP contribution in [-0.4, -0.2) is 23.5 Å². The largest absolute Gasteiger partial charge is 0.460 e. The molecule has 0 spiro atoms. The Hall–Kier alpha value is -1.84. The summed E-state index contributed by atoms with van der Waals surface area (Å²) in [6.07, 6.45) is 1.84. The predicted octanol–water partition coefficient (Wildman–Crippen LogP) is 3.32. The van der Waals surface area contributed by atoms with Gasteiger partial charge in [0.25, 0.3) is 5.91 Å². The van der Waals surface area contributed by atoms with Gasteiger partial charge in [0, 0.05) is 11.6 Å². The van der Waals surface area contributed by atoms with Gasteiger partial charge in [-0.25, -0.2) is 0 Å². The Morgan fingerprint density at radius 1 is 1.19 bits per heavy atom. The third-order valence-corrected chi connectivity index (χ3v) is 2.84. The van der Waals surface area contributed by atoms with Gasteiger partial charge >= 0.3 is 5.97 Å². The molecule has 0 saturated heterocycles. The number of ether oxygens (including phenoxy) is 1. The minimum absolute atomic E-state index is 0.155. The zero-order valence-electron chi connectivity index (χ0n) is 13.3. The zero-order chi connectivity index (χ0) is 15.9. The number of hydrogen-bond acceptors (Lipinski definition) is 3. The molecule has 0 fully saturated rings. The van der Waals surface area contributed by atoms with Gasteiger partial charge in [-0.2, -0.15) is 0 Å². The SMILES string of the molecule is CCC[C@H](CC(=O)OC(C)(C)C)NC(=O)c1ccccc1. The summed E-state index contributed by atoms with van der Waals surface area (Å²) in [7, 11) is 0. The highest BCUT2D eigenvalue weighted by Crippen LogP contribution is 2.12. The standard InChI is InChI=1S/C17H25NO3/c1-5-9-14(12-15(19)21-17(2,3)4)18-16(20)13-10-7-6-8-11-13/h6-8,10-11,14H,5,9,12H2,1-4H3,(H,18,20)/t14-/m1/s1. The third kappa shape index (κ3) is 6.93. The smallest absolute Gasteiger partial charge is 0.308 e. The molecule has 0 unspecified atom stereocenters. The molecule has 0 bridgehead atoms. The van der Waals surface area contributed by atoms with Gasteiger partial charge in [0.1, 0.15) is 5.60 Å². The van der Waals surface area contributed by atoms with Crippen molar-refractivity contribution in [1.82, 2.24) is 5.32 Å². The lowest BCUT2D eigenvalue weighted by Gasteiger charge is -2.22. The molecule has 1 N–H and O–H groups in total. The summed E-state index contributed by atoms with van der Waals surface area (Å²) in [4.78, 5) is 24.0. The maximum atomic E-state index is 12.1. The van der Waals surface area contributed by atoms with E-state index in [1.54, 1.807) is 12.1 Å². The number of nitrogens with one attached hydrogen (secondary N) is 1. The van der Waals surface area contributed by atoms with Gasteiger partial charge in [0.05, 0.1) is 6.42 Å². The van der Waals surface area contributed by atoms with E-state index in [2.05, 4.69) is 5.32 Å². The Kier molecular flexibility index (Phi) is 6.40. The van der Waals surface area contributed by atoms with Crippen LogP contribution in [0.3, 0.4) is 0 Å². The first-order valence-corrected chi connectivity index (χ1v) is 7.39. The molecule has 1 aromatic carbocycles. The van der Waals surface area contributed by atoms with E-state index in [4.69, 9.17) is 4.74 Å². The molecule has 1 amide bonds. The van der Waals surface area contributed by atoms with E-state index in [1.807, 2.05) is 45.9 Å². The second-order valence-electron chi connectivity index (χ2n) is 6.12. The van der Waals surface area contributed by atoms with Crippen LogP contribution in [0.1, 0.15) is 57.3 Å². The van der Waals surface area contributed by atoms with E-state index >= 15 is 0 Å². The number of esters is 1. The minimum Gasteiger partial charge on any atom is -0.460 e. The van der Waals surface area contributed by atoms with Crippen LogP contribution >= 0.6 is 0 Å². The van der Waals surface area contributed by atoms with E-state index in [0.717, 1.165) is 12.8 Å². The first-order valence-electron chi connectivity index (χ1n) is 7.39. The fourth-order valence-corrected chi connectivity index (χ4v) is 2.02. The topological polar surface area (TPSA) is 55.4 Å². The maximum Gasteiger partial charge on any atom is 0.308 e. The van der Waals surface area contributed by atoms with Crippen LogP contribution in [0, 0.1) is 0 Å². The Bertz CT molecular complexity index is 463. The van der Waals surface area contributed by atoms with Crippen LogP contribution < -0.4 is 5.32 Å². The lowest BCUT2D eigenvalue weighted by molar-refractivity contribution is -0.155. The van der Waals surface area contributed by atoms with E-state index in [1.165, 1.54) is 0 Å². The van der Waals surface area contributed by atoms with Gasteiger partial charge in [-0.3, -0.25) is 9.59 Å². The van der Waals surface area contributed by atoms with Crippen LogP contribution in [0.2, 0.25) is 0 Å². The van der Waals surface area contributed by atoms with Crippen molar-refractivity contribution in [2.75, 3.05) is 0 Å². The second-order valence-corrected chi connectivity index (χ2v) is 6.12. The van der Waals surface area contributed by atoms with Crippen molar-refractivity contribution in [3.8, 4) is 0 Å². The molecule has 1 atom stereocenters. The van der Waals surface area contributed by atoms with Gasteiger partial charge in [-0.1, -0.05) is 31.5 Å². The highest BCUT2D eigenvalue weighted by Gasteiger charge is 2.21. The summed E-state index contributed by atoms with van der Waals surface area (Å²) in [6, 6.07) is 8.81. The number of rotatable bonds is 6. The molecule has 0 aliphatic carbocycles. The highest BCUT2D eigenvalue weighted by atomic mass is 16.6. The monoisotopic (exact) mass is 291 g/mol. The lowest BCUT2D eigenvalue weighted by Crippen LogP contribution is -2.38. The summed E-state index contributed by atoms with van der Waals surface area (Å²) < 4.78 is 5.31. The molecule has 0 saturated carbocycles. The average molecular weight is 291 g/mol. The molecule has 0 aromatic heterocycles. The molecule has 0 aliphatic rings. The molecule has 1 rings (SSSR count). The number of amides is 1. The predicted molar refractivity (Wildman–Crippen MR) is 83.1 cm³/mol. The number of carbonyl (C=O) groups is 2. The molecule has 116 valence electrons. The van der Waals surface area contributed by atoms with Gasteiger partial charge in [0.2, 0.25) is 0 Å².